The molecule has 0 amide bonds. The van der Waals surface area contributed by atoms with Gasteiger partial charge in [0.1, 0.15) is 11.6 Å². The lowest BCUT2D eigenvalue weighted by Gasteiger charge is -2.38. The fourth-order valence-electron chi connectivity index (χ4n) is 2.10. The molecule has 1 heterocycles. The monoisotopic (exact) mass is 269 g/mol. The highest BCUT2D eigenvalue weighted by Gasteiger charge is 2.51. The molecule has 0 aromatic heterocycles. The Balaban J connectivity index is 2.44. The summed E-state index contributed by atoms with van der Waals surface area (Å²) in [5, 5.41) is 2.53. The summed E-state index contributed by atoms with van der Waals surface area (Å²) in [6, 6.07) is 7.57. The van der Waals surface area contributed by atoms with Crippen LogP contribution in [0.4, 0.5) is 13.2 Å². The van der Waals surface area contributed by atoms with E-state index in [1.807, 2.05) is 0 Å². The molecule has 6 heteroatoms. The molecule has 2 atom stereocenters. The predicted molar refractivity (Wildman–Crippen MR) is 66.7 cm³/mol. The molecule has 1 aliphatic heterocycles. The Labute approximate surface area is 108 Å². The maximum atomic E-state index is 13.3. The molecule has 0 saturated carbocycles. The maximum absolute atomic E-state index is 13.3. The molecule has 1 aromatic carbocycles. The molecule has 0 radical (unpaired) electrons. The second-order valence-corrected chi connectivity index (χ2v) is 4.44. The number of nitrogens with two attached hydrogens (primary N) is 2. The number of nitrogens with one attached hydrogen (secondary N) is 1. The quantitative estimate of drug-likeness (QED) is 0.769. The van der Waals surface area contributed by atoms with Crippen LogP contribution in [0.5, 0.6) is 0 Å². The summed E-state index contributed by atoms with van der Waals surface area (Å²) in [7, 11) is 0. The van der Waals surface area contributed by atoms with E-state index >= 15 is 0 Å². The predicted octanol–water partition coefficient (Wildman–Crippen LogP) is 1.95. The molecule has 2 rings (SSSR count). The van der Waals surface area contributed by atoms with E-state index < -0.39 is 17.8 Å². The van der Waals surface area contributed by atoms with Crippen LogP contribution in [0.3, 0.4) is 0 Å². The van der Waals surface area contributed by atoms with Crippen LogP contribution in [-0.4, -0.2) is 11.8 Å². The van der Waals surface area contributed by atoms with Gasteiger partial charge in [0.25, 0.3) is 0 Å². The first-order valence-electron chi connectivity index (χ1n) is 5.66. The topological polar surface area (TPSA) is 64.1 Å². The third kappa shape index (κ3) is 2.73. The van der Waals surface area contributed by atoms with Gasteiger partial charge in [-0.1, -0.05) is 30.3 Å². The fourth-order valence-corrected chi connectivity index (χ4v) is 2.10. The average Bonchev–Trinajstić information content (AvgIpc) is 2.33. The molecule has 19 heavy (non-hydrogen) atoms. The minimum atomic E-state index is -4.48. The Morgan fingerprint density at radius 2 is 1.79 bits per heavy atom. The van der Waals surface area contributed by atoms with Gasteiger partial charge in [-0.2, -0.15) is 13.2 Å². The van der Waals surface area contributed by atoms with Crippen molar-refractivity contribution >= 4 is 0 Å². The zero-order valence-electron chi connectivity index (χ0n) is 9.98. The van der Waals surface area contributed by atoms with E-state index in [2.05, 4.69) is 5.32 Å². The van der Waals surface area contributed by atoms with Crippen LogP contribution in [0.25, 0.3) is 0 Å². The van der Waals surface area contributed by atoms with Crippen molar-refractivity contribution in [2.75, 3.05) is 0 Å². The molecular weight excluding hydrogens is 255 g/mol. The minimum Gasteiger partial charge on any atom is -0.398 e. The first-order chi connectivity index (χ1) is 8.83. The normalized spacial score (nSPS) is 24.5. The number of rotatable bonds is 2. The molecule has 0 saturated heterocycles. The second kappa shape index (κ2) is 4.62. The van der Waals surface area contributed by atoms with Gasteiger partial charge in [-0.25, -0.2) is 0 Å². The molecule has 1 aliphatic rings. The summed E-state index contributed by atoms with van der Waals surface area (Å²) in [6.07, 6.45) is -0.583. The van der Waals surface area contributed by atoms with Crippen molar-refractivity contribution in [1.29, 1.82) is 0 Å². The van der Waals surface area contributed by atoms with Crippen LogP contribution in [-0.2, 0) is 0 Å². The van der Waals surface area contributed by atoms with E-state index in [0.717, 1.165) is 0 Å². The molecule has 3 nitrogen and oxygen atoms in total. The van der Waals surface area contributed by atoms with Crippen LogP contribution in [0.2, 0.25) is 0 Å². The van der Waals surface area contributed by atoms with Crippen LogP contribution < -0.4 is 16.8 Å². The highest BCUT2D eigenvalue weighted by atomic mass is 19.4. The summed E-state index contributed by atoms with van der Waals surface area (Å²) >= 11 is 0. The summed E-state index contributed by atoms with van der Waals surface area (Å²) < 4.78 is 40.0. The molecule has 5 N–H and O–H groups in total. The van der Waals surface area contributed by atoms with Crippen molar-refractivity contribution in [3.05, 3.63) is 59.9 Å². The fraction of sp³-hybridized carbons (Fsp3) is 0.231. The van der Waals surface area contributed by atoms with Crippen molar-refractivity contribution in [3.8, 4) is 0 Å². The lowest BCUT2D eigenvalue weighted by atomic mass is 9.84. The van der Waals surface area contributed by atoms with Gasteiger partial charge in [-0.3, -0.25) is 0 Å². The Kier molecular flexibility index (Phi) is 3.28. The Bertz CT molecular complexity index is 508. The van der Waals surface area contributed by atoms with E-state index in [9.17, 15) is 13.2 Å². The van der Waals surface area contributed by atoms with Crippen molar-refractivity contribution in [2.45, 2.75) is 17.8 Å². The molecule has 0 bridgehead atoms. The lowest BCUT2D eigenvalue weighted by Crippen LogP contribution is -2.59. The molecular formula is C13H14F3N3. The number of allylic oxidation sites excluding steroid dienone is 1. The van der Waals surface area contributed by atoms with Gasteiger partial charge in [-0.15, -0.1) is 0 Å². The van der Waals surface area contributed by atoms with Crippen LogP contribution in [0, 0.1) is 0 Å². The van der Waals surface area contributed by atoms with Gasteiger partial charge in [0.15, 0.2) is 0 Å². The average molecular weight is 269 g/mol. The van der Waals surface area contributed by atoms with Crippen molar-refractivity contribution < 1.29 is 13.2 Å². The van der Waals surface area contributed by atoms with Crippen molar-refractivity contribution in [3.63, 3.8) is 0 Å². The highest BCUT2D eigenvalue weighted by molar-refractivity contribution is 5.34. The zero-order valence-corrected chi connectivity index (χ0v) is 9.98. The third-order valence-corrected chi connectivity index (χ3v) is 2.98. The minimum absolute atomic E-state index is 0.100. The van der Waals surface area contributed by atoms with Crippen LogP contribution in [0.1, 0.15) is 11.5 Å². The highest BCUT2D eigenvalue weighted by Crippen LogP contribution is 2.41. The first kappa shape index (κ1) is 13.5. The standard InChI is InChI=1S/C13H14F3N3/c14-13(15,16)11(9-4-2-1-3-5-9)12(18)7-6-10(17)8-19-12/h1-8,11,19H,17-18H2. The second-order valence-electron chi connectivity index (χ2n) is 4.44. The number of hydrogen-bond donors (Lipinski definition) is 3. The molecule has 102 valence electrons. The molecule has 0 aliphatic carbocycles. The van der Waals surface area contributed by atoms with Crippen LogP contribution in [0.15, 0.2) is 54.4 Å². The smallest absolute Gasteiger partial charge is 0.398 e. The molecule has 0 spiro atoms. The van der Waals surface area contributed by atoms with E-state index in [-0.39, 0.29) is 5.56 Å². The maximum Gasteiger partial charge on any atom is 0.399 e. The summed E-state index contributed by atoms with van der Waals surface area (Å²) in [4.78, 5) is 0. The van der Waals surface area contributed by atoms with E-state index in [1.165, 1.54) is 30.5 Å². The van der Waals surface area contributed by atoms with E-state index in [1.54, 1.807) is 18.2 Å². The van der Waals surface area contributed by atoms with Gasteiger partial charge in [0.05, 0.1) is 0 Å². The number of halogens is 3. The Hall–Kier alpha value is -1.95. The van der Waals surface area contributed by atoms with Gasteiger partial charge in [0.2, 0.25) is 0 Å². The van der Waals surface area contributed by atoms with Gasteiger partial charge in [0, 0.05) is 11.9 Å². The molecule has 1 aromatic rings. The summed E-state index contributed by atoms with van der Waals surface area (Å²) in [5.41, 5.74) is 10.0. The zero-order chi connectivity index (χ0) is 14.1. The Morgan fingerprint density at radius 1 is 1.16 bits per heavy atom. The number of dihydropyridines is 1. The van der Waals surface area contributed by atoms with E-state index in [4.69, 9.17) is 11.5 Å². The van der Waals surface area contributed by atoms with Gasteiger partial charge >= 0.3 is 6.18 Å². The van der Waals surface area contributed by atoms with Gasteiger partial charge in [-0.05, 0) is 17.7 Å². The van der Waals surface area contributed by atoms with Crippen molar-refractivity contribution in [2.24, 2.45) is 11.5 Å². The summed E-state index contributed by atoms with van der Waals surface area (Å²) in [6.45, 7) is 0. The molecule has 2 unspecified atom stereocenters. The first-order valence-corrected chi connectivity index (χ1v) is 5.66. The van der Waals surface area contributed by atoms with Gasteiger partial charge < -0.3 is 16.8 Å². The van der Waals surface area contributed by atoms with E-state index in [0.29, 0.717) is 5.70 Å². The SMILES string of the molecule is NC1=CNC(N)(C(c2ccccc2)C(F)(F)F)C=C1. The molecule has 0 fully saturated rings. The third-order valence-electron chi connectivity index (χ3n) is 2.98. The lowest BCUT2D eigenvalue weighted by molar-refractivity contribution is -0.163. The van der Waals surface area contributed by atoms with Crippen molar-refractivity contribution in [1.82, 2.24) is 5.32 Å². The number of benzene rings is 1. The Morgan fingerprint density at radius 3 is 2.26 bits per heavy atom. The summed E-state index contributed by atoms with van der Waals surface area (Å²) in [5.74, 6) is -1.86. The largest absolute Gasteiger partial charge is 0.399 e. The number of hydrogen-bond acceptors (Lipinski definition) is 3. The van der Waals surface area contributed by atoms with Crippen LogP contribution >= 0.6 is 0 Å². The number of alkyl halides is 3.